The van der Waals surface area contributed by atoms with Crippen LogP contribution in [0.25, 0.3) is 0 Å². The minimum atomic E-state index is -0.215. The van der Waals surface area contributed by atoms with Crippen LogP contribution in [0.2, 0.25) is 0 Å². The molecule has 0 saturated heterocycles. The van der Waals surface area contributed by atoms with Gasteiger partial charge in [0.1, 0.15) is 5.82 Å². The first kappa shape index (κ1) is 24.9. The van der Waals surface area contributed by atoms with Gasteiger partial charge in [0.25, 0.3) is 0 Å². The molecule has 0 aromatic heterocycles. The number of rotatable bonds is 9. The monoisotopic (exact) mass is 512 g/mol. The number of nitrogens with one attached hydrogen (secondary N) is 3. The Morgan fingerprint density at radius 2 is 1.79 bits per heavy atom. The highest BCUT2D eigenvalue weighted by atomic mass is 127. The van der Waals surface area contributed by atoms with E-state index in [1.165, 1.54) is 6.07 Å². The van der Waals surface area contributed by atoms with Crippen molar-refractivity contribution in [3.63, 3.8) is 0 Å². The van der Waals surface area contributed by atoms with Crippen molar-refractivity contribution in [2.24, 2.45) is 4.99 Å². The number of nitrogens with zero attached hydrogens (tertiary/aromatic N) is 1. The van der Waals surface area contributed by atoms with Crippen molar-refractivity contribution >= 4 is 41.5 Å². The highest BCUT2D eigenvalue weighted by molar-refractivity contribution is 14.0. The summed E-state index contributed by atoms with van der Waals surface area (Å²) in [5, 5.41) is 9.36. The van der Waals surface area contributed by atoms with Crippen LogP contribution in [0.3, 0.4) is 0 Å². The van der Waals surface area contributed by atoms with E-state index >= 15 is 0 Å². The molecule has 0 saturated carbocycles. The Balaban J connectivity index is 0.00000420. The fourth-order valence-electron chi connectivity index (χ4n) is 2.67. The van der Waals surface area contributed by atoms with Crippen molar-refractivity contribution in [2.75, 3.05) is 18.4 Å². The van der Waals surface area contributed by atoms with Crippen LogP contribution in [-0.2, 0) is 17.8 Å². The average Bonchev–Trinajstić information content (AvgIpc) is 2.67. The highest BCUT2D eigenvalue weighted by Gasteiger charge is 2.02. The second-order valence-electron chi connectivity index (χ2n) is 6.50. The van der Waals surface area contributed by atoms with Gasteiger partial charge in [-0.2, -0.15) is 0 Å². The number of hydrogen-bond donors (Lipinski definition) is 3. The lowest BCUT2D eigenvalue weighted by Crippen LogP contribution is -2.38. The second kappa shape index (κ2) is 13.9. The molecule has 3 N–H and O–H groups in total. The Morgan fingerprint density at radius 3 is 2.45 bits per heavy atom. The molecule has 158 valence electrons. The van der Waals surface area contributed by atoms with Crippen molar-refractivity contribution in [1.29, 1.82) is 0 Å². The van der Waals surface area contributed by atoms with Gasteiger partial charge in [-0.3, -0.25) is 4.79 Å². The number of anilines is 1. The molecule has 1 amide bonds. The minimum Gasteiger partial charge on any atom is -0.357 e. The van der Waals surface area contributed by atoms with Gasteiger partial charge in [0.15, 0.2) is 5.96 Å². The zero-order chi connectivity index (χ0) is 20.2. The Morgan fingerprint density at radius 1 is 1.03 bits per heavy atom. The van der Waals surface area contributed by atoms with Gasteiger partial charge in [-0.1, -0.05) is 31.2 Å². The largest absolute Gasteiger partial charge is 0.357 e. The molecule has 0 atom stereocenters. The predicted molar refractivity (Wildman–Crippen MR) is 128 cm³/mol. The highest BCUT2D eigenvalue weighted by Crippen LogP contribution is 2.11. The summed E-state index contributed by atoms with van der Waals surface area (Å²) in [6.45, 7) is 5.94. The van der Waals surface area contributed by atoms with Crippen LogP contribution < -0.4 is 16.0 Å². The van der Waals surface area contributed by atoms with E-state index in [1.807, 2.05) is 44.2 Å². The van der Waals surface area contributed by atoms with E-state index in [4.69, 9.17) is 0 Å². The van der Waals surface area contributed by atoms with Crippen LogP contribution in [0.1, 0.15) is 37.8 Å². The van der Waals surface area contributed by atoms with Crippen LogP contribution >= 0.6 is 24.0 Å². The maximum absolute atomic E-state index is 13.2. The van der Waals surface area contributed by atoms with Crippen molar-refractivity contribution in [2.45, 2.75) is 39.7 Å². The van der Waals surface area contributed by atoms with Gasteiger partial charge < -0.3 is 16.0 Å². The number of benzene rings is 2. The molecule has 0 heterocycles. The Bertz CT molecular complexity index is 781. The topological polar surface area (TPSA) is 65.5 Å². The average molecular weight is 512 g/mol. The van der Waals surface area contributed by atoms with E-state index in [0.717, 1.165) is 35.7 Å². The van der Waals surface area contributed by atoms with Gasteiger partial charge in [-0.05, 0) is 55.2 Å². The molecular formula is C22H30FIN4O. The third kappa shape index (κ3) is 9.74. The molecule has 7 heteroatoms. The normalized spacial score (nSPS) is 10.8. The van der Waals surface area contributed by atoms with E-state index in [1.54, 1.807) is 12.1 Å². The standard InChI is InChI=1S/C22H29FN4O.HI/c1-3-6-21(28)27-20-11-9-18(10-12-20)16-26-22(24-4-2)25-14-13-17-7-5-8-19(23)15-17;/h5,7-12,15H,3-4,6,13-14,16H2,1-2H3,(H,27,28)(H2,24,25,26);1H. The first-order chi connectivity index (χ1) is 13.6. The number of halogens is 2. The van der Waals surface area contributed by atoms with Crippen LogP contribution in [-0.4, -0.2) is 25.0 Å². The molecule has 0 aliphatic carbocycles. The summed E-state index contributed by atoms with van der Waals surface area (Å²) in [6, 6.07) is 14.3. The van der Waals surface area contributed by atoms with Gasteiger partial charge in [-0.15, -0.1) is 24.0 Å². The quantitative estimate of drug-likeness (QED) is 0.264. The Kier molecular flexibility index (Phi) is 11.9. The third-order valence-corrected chi connectivity index (χ3v) is 4.07. The number of carbonyl (C=O) groups is 1. The van der Waals surface area contributed by atoms with Crippen molar-refractivity contribution < 1.29 is 9.18 Å². The van der Waals surface area contributed by atoms with Gasteiger partial charge >= 0.3 is 0 Å². The van der Waals surface area contributed by atoms with Gasteiger partial charge in [-0.25, -0.2) is 9.38 Å². The number of guanidine groups is 1. The van der Waals surface area contributed by atoms with E-state index < -0.39 is 0 Å². The van der Waals surface area contributed by atoms with E-state index in [0.29, 0.717) is 25.9 Å². The zero-order valence-electron chi connectivity index (χ0n) is 17.0. The summed E-state index contributed by atoms with van der Waals surface area (Å²) >= 11 is 0. The fraction of sp³-hybridized carbons (Fsp3) is 0.364. The molecule has 29 heavy (non-hydrogen) atoms. The van der Waals surface area contributed by atoms with Gasteiger partial charge in [0.05, 0.1) is 6.54 Å². The lowest BCUT2D eigenvalue weighted by atomic mass is 10.1. The van der Waals surface area contributed by atoms with Gasteiger partial charge in [0, 0.05) is 25.2 Å². The van der Waals surface area contributed by atoms with E-state index in [9.17, 15) is 9.18 Å². The molecule has 0 bridgehead atoms. The van der Waals surface area contributed by atoms with Crippen LogP contribution in [0.15, 0.2) is 53.5 Å². The van der Waals surface area contributed by atoms with Crippen molar-refractivity contribution in [1.82, 2.24) is 10.6 Å². The molecule has 5 nitrogen and oxygen atoms in total. The number of carbonyl (C=O) groups excluding carboxylic acids is 1. The van der Waals surface area contributed by atoms with Crippen LogP contribution in [0.5, 0.6) is 0 Å². The van der Waals surface area contributed by atoms with Crippen molar-refractivity contribution in [3.8, 4) is 0 Å². The molecule has 0 spiro atoms. The smallest absolute Gasteiger partial charge is 0.224 e. The minimum absolute atomic E-state index is 0. The lowest BCUT2D eigenvalue weighted by Gasteiger charge is -2.11. The molecule has 2 aromatic carbocycles. The third-order valence-electron chi connectivity index (χ3n) is 4.07. The molecule has 2 rings (SSSR count). The SMILES string of the molecule is CCCC(=O)Nc1ccc(CN=C(NCC)NCCc2cccc(F)c2)cc1.I. The Hall–Kier alpha value is -2.16. The predicted octanol–water partition coefficient (Wildman–Crippen LogP) is 4.48. The number of amides is 1. The zero-order valence-corrected chi connectivity index (χ0v) is 19.3. The van der Waals surface area contributed by atoms with Crippen molar-refractivity contribution in [3.05, 3.63) is 65.5 Å². The first-order valence-corrected chi connectivity index (χ1v) is 9.76. The number of hydrogen-bond acceptors (Lipinski definition) is 2. The molecule has 2 aromatic rings. The summed E-state index contributed by atoms with van der Waals surface area (Å²) in [6.07, 6.45) is 2.08. The van der Waals surface area contributed by atoms with E-state index in [-0.39, 0.29) is 35.7 Å². The maximum Gasteiger partial charge on any atom is 0.224 e. The second-order valence-corrected chi connectivity index (χ2v) is 6.50. The lowest BCUT2D eigenvalue weighted by molar-refractivity contribution is -0.116. The molecule has 0 aliphatic rings. The Labute approximate surface area is 189 Å². The molecular weight excluding hydrogens is 482 g/mol. The number of aliphatic imine (C=N–C) groups is 1. The molecule has 0 aliphatic heterocycles. The summed E-state index contributed by atoms with van der Waals surface area (Å²) in [5.74, 6) is 0.539. The summed E-state index contributed by atoms with van der Waals surface area (Å²) in [4.78, 5) is 16.2. The maximum atomic E-state index is 13.2. The summed E-state index contributed by atoms with van der Waals surface area (Å²) in [7, 11) is 0. The molecule has 0 fully saturated rings. The van der Waals surface area contributed by atoms with Crippen LogP contribution in [0.4, 0.5) is 10.1 Å². The molecule has 0 radical (unpaired) electrons. The van der Waals surface area contributed by atoms with Crippen LogP contribution in [0, 0.1) is 5.82 Å². The summed E-state index contributed by atoms with van der Waals surface area (Å²) in [5.41, 5.74) is 2.80. The first-order valence-electron chi connectivity index (χ1n) is 9.76. The summed E-state index contributed by atoms with van der Waals surface area (Å²) < 4.78 is 13.2. The fourth-order valence-corrected chi connectivity index (χ4v) is 2.67. The van der Waals surface area contributed by atoms with E-state index in [2.05, 4.69) is 20.9 Å². The molecule has 0 unspecified atom stereocenters. The van der Waals surface area contributed by atoms with Gasteiger partial charge in [0.2, 0.25) is 5.91 Å².